The van der Waals surface area contributed by atoms with Crippen molar-refractivity contribution >= 4 is 34.2 Å². The lowest BCUT2D eigenvalue weighted by molar-refractivity contribution is 0.466. The number of rotatable bonds is 4. The van der Waals surface area contributed by atoms with Crippen molar-refractivity contribution < 1.29 is 4.39 Å². The van der Waals surface area contributed by atoms with E-state index in [4.69, 9.17) is 23.2 Å². The van der Waals surface area contributed by atoms with Gasteiger partial charge in [-0.2, -0.15) is 0 Å². The molecule has 0 bridgehead atoms. The molecule has 1 heterocycles. The molecule has 0 aliphatic rings. The molecule has 2 rings (SSSR count). The van der Waals surface area contributed by atoms with Crippen LogP contribution in [0.3, 0.4) is 0 Å². The second kappa shape index (κ2) is 5.68. The summed E-state index contributed by atoms with van der Waals surface area (Å²) in [7, 11) is 0. The van der Waals surface area contributed by atoms with E-state index in [0.717, 1.165) is 24.2 Å². The minimum Gasteiger partial charge on any atom is -0.324 e. The first kappa shape index (κ1) is 14.6. The molecule has 1 aromatic heterocycles. The highest BCUT2D eigenvalue weighted by atomic mass is 35.5. The van der Waals surface area contributed by atoms with Gasteiger partial charge in [-0.1, -0.05) is 25.4 Å². The van der Waals surface area contributed by atoms with Gasteiger partial charge in [0, 0.05) is 12.1 Å². The first-order valence-electron chi connectivity index (χ1n) is 6.50. The Morgan fingerprint density at radius 1 is 1.32 bits per heavy atom. The SMILES string of the molecule is CCC(CC)n1c(C(C)Cl)nc2cc(Cl)c(F)cc21. The van der Waals surface area contributed by atoms with E-state index in [9.17, 15) is 4.39 Å². The summed E-state index contributed by atoms with van der Waals surface area (Å²) in [5.41, 5.74) is 1.46. The Hall–Kier alpha value is -0.800. The van der Waals surface area contributed by atoms with Gasteiger partial charge in [0.2, 0.25) is 0 Å². The van der Waals surface area contributed by atoms with Crippen LogP contribution in [-0.4, -0.2) is 9.55 Å². The molecule has 0 aliphatic heterocycles. The zero-order chi connectivity index (χ0) is 14.2. The van der Waals surface area contributed by atoms with Gasteiger partial charge in [-0.05, 0) is 25.8 Å². The van der Waals surface area contributed by atoms with Crippen molar-refractivity contribution in [3.05, 3.63) is 28.8 Å². The van der Waals surface area contributed by atoms with Crippen molar-refractivity contribution in [3.8, 4) is 0 Å². The van der Waals surface area contributed by atoms with E-state index in [-0.39, 0.29) is 16.4 Å². The third kappa shape index (κ3) is 2.59. The van der Waals surface area contributed by atoms with Crippen LogP contribution in [0.25, 0.3) is 11.0 Å². The van der Waals surface area contributed by atoms with Gasteiger partial charge in [-0.3, -0.25) is 0 Å². The minimum atomic E-state index is -0.421. The molecular weight excluding hydrogens is 286 g/mol. The number of alkyl halides is 1. The highest BCUT2D eigenvalue weighted by Gasteiger charge is 2.21. The third-order valence-corrected chi connectivity index (χ3v) is 3.91. The molecule has 1 atom stereocenters. The molecule has 1 aromatic carbocycles. The molecule has 1 unspecified atom stereocenters. The van der Waals surface area contributed by atoms with Crippen molar-refractivity contribution in [3.63, 3.8) is 0 Å². The van der Waals surface area contributed by atoms with E-state index in [1.807, 2.05) is 11.5 Å². The highest BCUT2D eigenvalue weighted by molar-refractivity contribution is 6.31. The Morgan fingerprint density at radius 3 is 2.47 bits per heavy atom. The molecule has 0 N–H and O–H groups in total. The molecule has 0 saturated carbocycles. The fourth-order valence-corrected chi connectivity index (χ4v) is 2.74. The standard InChI is InChI=1S/C14H17Cl2FN2/c1-4-9(5-2)19-13-7-11(17)10(16)6-12(13)18-14(19)8(3)15/h6-9H,4-5H2,1-3H3. The molecule has 104 valence electrons. The van der Waals surface area contributed by atoms with Gasteiger partial charge in [0.05, 0.1) is 21.4 Å². The van der Waals surface area contributed by atoms with Crippen molar-refractivity contribution in [2.24, 2.45) is 0 Å². The molecule has 5 heteroatoms. The van der Waals surface area contributed by atoms with Gasteiger partial charge in [-0.15, -0.1) is 11.6 Å². The molecule has 0 fully saturated rings. The minimum absolute atomic E-state index is 0.0930. The zero-order valence-electron chi connectivity index (χ0n) is 11.3. The lowest BCUT2D eigenvalue weighted by Crippen LogP contribution is -2.11. The molecule has 0 spiro atoms. The van der Waals surface area contributed by atoms with Gasteiger partial charge in [0.15, 0.2) is 0 Å². The van der Waals surface area contributed by atoms with E-state index in [2.05, 4.69) is 18.8 Å². The molecule has 19 heavy (non-hydrogen) atoms. The van der Waals surface area contributed by atoms with Crippen LogP contribution in [0.1, 0.15) is 50.9 Å². The number of aromatic nitrogens is 2. The topological polar surface area (TPSA) is 17.8 Å². The van der Waals surface area contributed by atoms with Crippen LogP contribution in [0.15, 0.2) is 12.1 Å². The molecule has 0 amide bonds. The maximum Gasteiger partial charge on any atom is 0.144 e. The van der Waals surface area contributed by atoms with Crippen LogP contribution in [0.4, 0.5) is 4.39 Å². The summed E-state index contributed by atoms with van der Waals surface area (Å²) in [5, 5.41) is -0.134. The molecule has 0 aliphatic carbocycles. The fourth-order valence-electron chi connectivity index (χ4n) is 2.43. The van der Waals surface area contributed by atoms with Crippen LogP contribution in [-0.2, 0) is 0 Å². The number of fused-ring (bicyclic) bond motifs is 1. The van der Waals surface area contributed by atoms with E-state index < -0.39 is 5.82 Å². The molecule has 2 aromatic rings. The Balaban J connectivity index is 2.75. The number of hydrogen-bond acceptors (Lipinski definition) is 1. The van der Waals surface area contributed by atoms with E-state index in [1.54, 1.807) is 6.07 Å². The van der Waals surface area contributed by atoms with Gasteiger partial charge in [-0.25, -0.2) is 9.37 Å². The van der Waals surface area contributed by atoms with E-state index in [1.165, 1.54) is 6.07 Å². The summed E-state index contributed by atoms with van der Waals surface area (Å²) in [6.45, 7) is 6.09. The van der Waals surface area contributed by atoms with E-state index >= 15 is 0 Å². The highest BCUT2D eigenvalue weighted by Crippen LogP contribution is 2.32. The Labute approximate surface area is 122 Å². The van der Waals surface area contributed by atoms with Gasteiger partial charge < -0.3 is 4.57 Å². The first-order chi connectivity index (χ1) is 8.99. The normalized spacial score (nSPS) is 13.4. The maximum atomic E-state index is 13.7. The van der Waals surface area contributed by atoms with Crippen molar-refractivity contribution in [1.82, 2.24) is 9.55 Å². The maximum absolute atomic E-state index is 13.7. The van der Waals surface area contributed by atoms with Crippen LogP contribution < -0.4 is 0 Å². The average Bonchev–Trinajstić information content (AvgIpc) is 2.71. The largest absolute Gasteiger partial charge is 0.324 e. The van der Waals surface area contributed by atoms with Gasteiger partial charge >= 0.3 is 0 Å². The second-order valence-electron chi connectivity index (χ2n) is 4.68. The predicted molar refractivity (Wildman–Crippen MR) is 78.6 cm³/mol. The number of benzene rings is 1. The fraction of sp³-hybridized carbons (Fsp3) is 0.500. The number of imidazole rings is 1. The Bertz CT molecular complexity index is 589. The molecular formula is C14H17Cl2FN2. The summed E-state index contributed by atoms with van der Waals surface area (Å²) in [6.07, 6.45) is 1.89. The predicted octanol–water partition coefficient (Wildman–Crippen LogP) is 5.49. The average molecular weight is 303 g/mol. The number of halogens is 3. The summed E-state index contributed by atoms with van der Waals surface area (Å²) in [6, 6.07) is 3.28. The summed E-state index contributed by atoms with van der Waals surface area (Å²) in [5.74, 6) is 0.349. The van der Waals surface area contributed by atoms with Crippen molar-refractivity contribution in [2.45, 2.75) is 45.0 Å². The first-order valence-corrected chi connectivity index (χ1v) is 7.31. The third-order valence-electron chi connectivity index (χ3n) is 3.42. The van der Waals surface area contributed by atoms with E-state index in [0.29, 0.717) is 5.52 Å². The lowest BCUT2D eigenvalue weighted by atomic mass is 10.1. The van der Waals surface area contributed by atoms with Crippen LogP contribution in [0, 0.1) is 5.82 Å². The summed E-state index contributed by atoms with van der Waals surface area (Å²) in [4.78, 5) is 4.51. The lowest BCUT2D eigenvalue weighted by Gasteiger charge is -2.19. The molecule has 0 saturated heterocycles. The zero-order valence-corrected chi connectivity index (χ0v) is 12.8. The number of nitrogens with zero attached hydrogens (tertiary/aromatic N) is 2. The smallest absolute Gasteiger partial charge is 0.144 e. The summed E-state index contributed by atoms with van der Waals surface area (Å²) >= 11 is 12.0. The quantitative estimate of drug-likeness (QED) is 0.683. The van der Waals surface area contributed by atoms with Crippen molar-refractivity contribution in [1.29, 1.82) is 0 Å². The Kier molecular flexibility index (Phi) is 4.36. The van der Waals surface area contributed by atoms with Crippen LogP contribution >= 0.6 is 23.2 Å². The molecule has 0 radical (unpaired) electrons. The number of hydrogen-bond donors (Lipinski definition) is 0. The van der Waals surface area contributed by atoms with Crippen LogP contribution in [0.2, 0.25) is 5.02 Å². The monoisotopic (exact) mass is 302 g/mol. The second-order valence-corrected chi connectivity index (χ2v) is 5.74. The Morgan fingerprint density at radius 2 is 1.95 bits per heavy atom. The van der Waals surface area contributed by atoms with Gasteiger partial charge in [0.25, 0.3) is 0 Å². The van der Waals surface area contributed by atoms with Crippen LogP contribution in [0.5, 0.6) is 0 Å². The van der Waals surface area contributed by atoms with Crippen molar-refractivity contribution in [2.75, 3.05) is 0 Å². The van der Waals surface area contributed by atoms with Gasteiger partial charge in [0.1, 0.15) is 11.6 Å². The summed E-state index contributed by atoms with van der Waals surface area (Å²) < 4.78 is 15.8. The molecule has 2 nitrogen and oxygen atoms in total.